The van der Waals surface area contributed by atoms with E-state index in [0.29, 0.717) is 5.41 Å². The third kappa shape index (κ3) is 3.20. The lowest BCUT2D eigenvalue weighted by atomic mass is 9.81. The number of hydrogen-bond acceptors (Lipinski definition) is 0. The van der Waals surface area contributed by atoms with Gasteiger partial charge in [-0.3, -0.25) is 0 Å². The second-order valence-corrected chi connectivity index (χ2v) is 8.24. The van der Waals surface area contributed by atoms with Crippen molar-refractivity contribution in [3.05, 3.63) is 35.4 Å². The quantitative estimate of drug-likeness (QED) is 0.574. The second-order valence-electron chi connectivity index (χ2n) is 5.33. The number of rotatable bonds is 3. The molecule has 84 valence electrons. The van der Waals surface area contributed by atoms with Gasteiger partial charge in [-0.2, -0.15) is 0 Å². The van der Waals surface area contributed by atoms with E-state index in [4.69, 9.17) is 0 Å². The molecule has 0 aliphatic rings. The summed E-state index contributed by atoms with van der Waals surface area (Å²) in [5, 5.41) is 0. The van der Waals surface area contributed by atoms with Crippen LogP contribution in [0.1, 0.15) is 52.2 Å². The summed E-state index contributed by atoms with van der Waals surface area (Å²) in [7, 11) is 0. The van der Waals surface area contributed by atoms with Gasteiger partial charge in [-0.1, -0.05) is 45.0 Å². The maximum atomic E-state index is 2.31. The Labute approximate surface area is 108 Å². The van der Waals surface area contributed by atoms with E-state index >= 15 is 0 Å². The van der Waals surface area contributed by atoms with Gasteiger partial charge in [-0.05, 0) is 31.2 Å². The predicted molar refractivity (Wildman–Crippen MR) is 64.2 cm³/mol. The third-order valence-electron chi connectivity index (χ3n) is 3.25. The van der Waals surface area contributed by atoms with Crippen LogP contribution >= 0.6 is 0 Å². The smallest absolute Gasteiger partial charge is 0.0646 e. The van der Waals surface area contributed by atoms with Crippen LogP contribution in [0.25, 0.3) is 0 Å². The number of halogens is 1. The molecular formula is C14H22I+. The number of alkyl halides is 1. The Balaban J connectivity index is 3.01. The molecule has 0 aliphatic heterocycles. The van der Waals surface area contributed by atoms with Crippen molar-refractivity contribution in [2.75, 3.05) is 0 Å². The van der Waals surface area contributed by atoms with Crippen LogP contribution in [0.3, 0.4) is 0 Å². The summed E-state index contributed by atoms with van der Waals surface area (Å²) in [4.78, 5) is 0. The summed E-state index contributed by atoms with van der Waals surface area (Å²) >= 11 is 2.18. The Kier molecular flexibility index (Phi) is 3.85. The highest BCUT2D eigenvalue weighted by atomic mass is 127. The monoisotopic (exact) mass is 317 g/mol. The van der Waals surface area contributed by atoms with Crippen molar-refractivity contribution in [1.82, 2.24) is 0 Å². The Morgan fingerprint density at radius 1 is 0.933 bits per heavy atom. The van der Waals surface area contributed by atoms with Crippen LogP contribution in [0.4, 0.5) is 0 Å². The maximum Gasteiger partial charge on any atom is 0.263 e. The molecule has 0 saturated carbocycles. The first-order valence-electron chi connectivity index (χ1n) is 5.59. The van der Waals surface area contributed by atoms with Crippen molar-refractivity contribution in [1.29, 1.82) is 0 Å². The molecule has 1 aromatic carbocycles. The van der Waals surface area contributed by atoms with Crippen molar-refractivity contribution in [3.8, 4) is 0 Å². The zero-order valence-corrected chi connectivity index (χ0v) is 12.8. The minimum atomic E-state index is 0.269. The molecule has 1 heteroatoms. The van der Waals surface area contributed by atoms with Crippen molar-refractivity contribution < 1.29 is 22.6 Å². The lowest BCUT2D eigenvalue weighted by Gasteiger charge is -2.23. The van der Waals surface area contributed by atoms with Crippen LogP contribution in [0.5, 0.6) is 0 Å². The van der Waals surface area contributed by atoms with E-state index < -0.39 is 0 Å². The van der Waals surface area contributed by atoms with E-state index in [0.717, 1.165) is 0 Å². The van der Waals surface area contributed by atoms with Gasteiger partial charge in [-0.25, -0.2) is 0 Å². The molecule has 0 bridgehead atoms. The van der Waals surface area contributed by atoms with Gasteiger partial charge >= 0.3 is 0 Å². The lowest BCUT2D eigenvalue weighted by molar-refractivity contribution is -0.475. The Morgan fingerprint density at radius 2 is 1.33 bits per heavy atom. The Hall–Kier alpha value is -0.0500. The fourth-order valence-electron chi connectivity index (χ4n) is 1.53. The fourth-order valence-corrected chi connectivity index (χ4v) is 1.92. The minimum Gasteiger partial charge on any atom is -0.0646 e. The predicted octanol–water partition coefficient (Wildman–Crippen LogP) is 0.895. The summed E-state index contributed by atoms with van der Waals surface area (Å²) in [5.74, 6) is 0. The molecule has 0 heterocycles. The second kappa shape index (κ2) is 4.44. The molecule has 0 amide bonds. The molecule has 0 aromatic heterocycles. The van der Waals surface area contributed by atoms with Gasteiger partial charge in [0.15, 0.2) is 3.42 Å². The van der Waals surface area contributed by atoms with Crippen molar-refractivity contribution in [3.63, 3.8) is 0 Å². The minimum absolute atomic E-state index is 0.269. The van der Waals surface area contributed by atoms with Gasteiger partial charge in [0, 0.05) is 5.56 Å². The van der Waals surface area contributed by atoms with Crippen LogP contribution in [0.15, 0.2) is 24.3 Å². The zero-order chi connectivity index (χ0) is 11.7. The van der Waals surface area contributed by atoms with Gasteiger partial charge in [-0.15, -0.1) is 0 Å². The molecule has 0 aliphatic carbocycles. The molecule has 1 rings (SSSR count). The van der Waals surface area contributed by atoms with Gasteiger partial charge < -0.3 is 0 Å². The van der Waals surface area contributed by atoms with E-state index in [1.54, 1.807) is 0 Å². The van der Waals surface area contributed by atoms with Crippen LogP contribution in [-0.4, -0.2) is 0 Å². The zero-order valence-electron chi connectivity index (χ0n) is 10.4. The maximum absolute atomic E-state index is 2.31. The van der Waals surface area contributed by atoms with Gasteiger partial charge in [0.2, 0.25) is 0 Å². The molecule has 0 fully saturated rings. The first-order chi connectivity index (χ1) is 6.77. The SMILES string of the molecule is CCC(C)(C)c1ccc(C(C)(C)[IH+])cc1. The van der Waals surface area contributed by atoms with Crippen LogP contribution in [0, 0.1) is 0 Å². The van der Waals surface area contributed by atoms with Crippen LogP contribution in [-0.2, 0) is 8.84 Å². The fraction of sp³-hybridized carbons (Fsp3) is 0.571. The highest BCUT2D eigenvalue weighted by Crippen LogP contribution is 2.27. The molecule has 0 N–H and O–H groups in total. The average molecular weight is 317 g/mol. The van der Waals surface area contributed by atoms with E-state index in [2.05, 4.69) is 81.5 Å². The van der Waals surface area contributed by atoms with Crippen LogP contribution in [0.2, 0.25) is 0 Å². The van der Waals surface area contributed by atoms with E-state index in [1.165, 1.54) is 17.5 Å². The van der Waals surface area contributed by atoms with Gasteiger partial charge in [0.05, 0.1) is 0 Å². The normalized spacial score (nSPS) is 12.9. The average Bonchev–Trinajstić information content (AvgIpc) is 2.17. The Morgan fingerprint density at radius 3 is 1.67 bits per heavy atom. The van der Waals surface area contributed by atoms with Crippen LogP contribution < -0.4 is 22.6 Å². The van der Waals surface area contributed by atoms with E-state index in [9.17, 15) is 0 Å². The molecule has 1 aromatic rings. The van der Waals surface area contributed by atoms with Crippen molar-refractivity contribution in [2.45, 2.75) is 49.9 Å². The van der Waals surface area contributed by atoms with Gasteiger partial charge in [0.25, 0.3) is 22.6 Å². The first kappa shape index (κ1) is 13.0. The highest BCUT2D eigenvalue weighted by Gasteiger charge is 2.26. The van der Waals surface area contributed by atoms with E-state index in [-0.39, 0.29) is 3.42 Å². The molecule has 0 saturated heterocycles. The topological polar surface area (TPSA) is 0 Å². The molecule has 0 unspecified atom stereocenters. The van der Waals surface area contributed by atoms with Crippen molar-refractivity contribution in [2.24, 2.45) is 0 Å². The third-order valence-corrected chi connectivity index (χ3v) is 3.92. The highest BCUT2D eigenvalue weighted by molar-refractivity contribution is 5.30. The van der Waals surface area contributed by atoms with E-state index in [1.807, 2.05) is 0 Å². The largest absolute Gasteiger partial charge is 0.263 e. The molecular weight excluding hydrogens is 295 g/mol. The molecule has 0 atom stereocenters. The molecule has 0 nitrogen and oxygen atoms in total. The molecule has 0 radical (unpaired) electrons. The van der Waals surface area contributed by atoms with Gasteiger partial charge in [0.1, 0.15) is 0 Å². The summed E-state index contributed by atoms with van der Waals surface area (Å²) in [6.45, 7) is 11.4. The lowest BCUT2D eigenvalue weighted by Crippen LogP contribution is -3.41. The molecule has 15 heavy (non-hydrogen) atoms. The van der Waals surface area contributed by atoms with Crippen molar-refractivity contribution >= 4 is 0 Å². The number of hydrogen-bond donors (Lipinski definition) is 0. The first-order valence-corrected chi connectivity index (χ1v) is 6.75. The summed E-state index contributed by atoms with van der Waals surface area (Å²) in [5.41, 5.74) is 3.17. The summed E-state index contributed by atoms with van der Waals surface area (Å²) < 4.78 is 0.269. The standard InChI is InChI=1S/C14H22I/c1-6-13(2,3)11-7-9-12(10-8-11)14(4,5)15/h7-10,15H,6H2,1-5H3/q+1. The summed E-state index contributed by atoms with van der Waals surface area (Å²) in [6.07, 6.45) is 1.18. The Bertz CT molecular complexity index is 314. The number of benzene rings is 1. The molecule has 0 spiro atoms. The summed E-state index contributed by atoms with van der Waals surface area (Å²) in [6, 6.07) is 9.11.